The summed E-state index contributed by atoms with van der Waals surface area (Å²) in [5, 5.41) is 19.5. The van der Waals surface area contributed by atoms with Crippen molar-refractivity contribution < 1.29 is 52.7 Å². The molecular formula is C39H68N4O11P+. The van der Waals surface area contributed by atoms with Gasteiger partial charge in [0.25, 0.3) is 4.92 Å². The lowest BCUT2D eigenvalue weighted by Gasteiger charge is -2.23. The van der Waals surface area contributed by atoms with Crippen molar-refractivity contribution in [2.24, 2.45) is 0 Å². The van der Waals surface area contributed by atoms with Gasteiger partial charge in [-0.25, -0.2) is 9.84 Å². The zero-order valence-corrected chi connectivity index (χ0v) is 34.3. The van der Waals surface area contributed by atoms with E-state index in [9.17, 15) is 29.5 Å². The number of ether oxygens (including phenoxy) is 2. The Hall–Kier alpha value is -2.97. The summed E-state index contributed by atoms with van der Waals surface area (Å²) < 4.78 is 25.8. The molecule has 1 aromatic heterocycles. The molecule has 314 valence electrons. The van der Waals surface area contributed by atoms with Gasteiger partial charge in [-0.3, -0.25) is 9.59 Å². The van der Waals surface area contributed by atoms with Crippen LogP contribution in [0.1, 0.15) is 168 Å². The number of hydrogen-bond acceptors (Lipinski definition) is 13. The van der Waals surface area contributed by atoms with E-state index in [1.807, 2.05) is 0 Å². The maximum atomic E-state index is 12.7. The van der Waals surface area contributed by atoms with Crippen LogP contribution in [0, 0.1) is 4.91 Å². The van der Waals surface area contributed by atoms with Crippen molar-refractivity contribution in [3.05, 3.63) is 17.0 Å². The molecule has 0 amide bonds. The summed E-state index contributed by atoms with van der Waals surface area (Å²) in [6, 6.07) is 2.75. The van der Waals surface area contributed by atoms with Crippen LogP contribution >= 0.6 is 8.17 Å². The highest BCUT2D eigenvalue weighted by Gasteiger charge is 2.31. The highest BCUT2D eigenvalue weighted by atomic mass is 31.2. The number of phosphoric acid groups is 1. The lowest BCUT2D eigenvalue weighted by atomic mass is 10.1. The van der Waals surface area contributed by atoms with Crippen molar-refractivity contribution in [1.82, 2.24) is 10.3 Å². The van der Waals surface area contributed by atoms with Gasteiger partial charge in [-0.05, 0) is 29.2 Å². The maximum Gasteiger partial charge on any atom is 0.377 e. The quantitative estimate of drug-likeness (QED) is 0.0254. The second-order valence-electron chi connectivity index (χ2n) is 14.3. The lowest BCUT2D eigenvalue weighted by Crippen LogP contribution is -2.31. The normalized spacial score (nSPS) is 13.1. The van der Waals surface area contributed by atoms with E-state index < -0.39 is 32.8 Å². The zero-order valence-electron chi connectivity index (χ0n) is 33.4. The fourth-order valence-corrected chi connectivity index (χ4v) is 6.95. The molecule has 0 aliphatic heterocycles. The van der Waals surface area contributed by atoms with Crippen molar-refractivity contribution in [2.45, 2.75) is 174 Å². The third-order valence-electron chi connectivity index (χ3n) is 9.39. The Morgan fingerprint density at radius 1 is 0.745 bits per heavy atom. The summed E-state index contributed by atoms with van der Waals surface area (Å²) in [6.07, 6.45) is 24.7. The minimum atomic E-state index is -4.60. The molecule has 0 spiro atoms. The Morgan fingerprint density at radius 3 is 1.76 bits per heavy atom. The van der Waals surface area contributed by atoms with E-state index in [0.29, 0.717) is 18.5 Å². The molecule has 0 saturated carbocycles. The predicted octanol–water partition coefficient (Wildman–Crippen LogP) is 9.35. The number of nitrogens with one attached hydrogen (secondary N) is 1. The van der Waals surface area contributed by atoms with Gasteiger partial charge in [0.05, 0.1) is 10.6 Å². The van der Waals surface area contributed by atoms with Crippen molar-refractivity contribution >= 4 is 42.5 Å². The number of esters is 2. The standard InChI is InChI=1S/C39H67N4O11P/c1-3-5-7-9-11-13-15-17-19-21-23-25-36(44)50-31-33(53-37(45)26-24-22-20-18-16-14-12-10-8-6-4-2)32-52-55(48,49)51-30-29-40-34-27-28-35(43(46)47)39-38(34)41-54-42-39/h27-28,33H,3-26,29-32H2,1-2H3,(H2-,40,42,46,47,48,49)/p+1/t33-/m1/s1. The molecule has 2 rings (SSSR count). The van der Waals surface area contributed by atoms with E-state index in [1.165, 1.54) is 102 Å². The third kappa shape index (κ3) is 23.0. The molecule has 0 bridgehead atoms. The largest absolute Gasteiger partial charge is 0.606 e. The molecule has 2 aromatic rings. The number of nitrogens with zero attached hydrogens (tertiary/aromatic N) is 3. The maximum absolute atomic E-state index is 12.7. The molecule has 0 saturated heterocycles. The first-order chi connectivity index (χ1) is 26.7. The minimum Gasteiger partial charge on any atom is -0.606 e. The van der Waals surface area contributed by atoms with Crippen LogP contribution in [0.25, 0.3) is 11.0 Å². The SMILES string of the molecule is CCCCCCCCCCCCCC(=O)OC[C@H](CO[P+]([O-])(O)OCCNc1ccc([N+](=O)O)c2nonc12)OC(=O)CCCCCCCCCCCCC. The summed E-state index contributed by atoms with van der Waals surface area (Å²) >= 11 is 0. The first-order valence-electron chi connectivity index (χ1n) is 20.8. The van der Waals surface area contributed by atoms with Crippen molar-refractivity contribution in [2.75, 3.05) is 31.7 Å². The molecule has 55 heavy (non-hydrogen) atoms. The number of phosphoric ester groups is 1. The number of benzene rings is 1. The summed E-state index contributed by atoms with van der Waals surface area (Å²) in [5.74, 6) is -0.923. The molecule has 2 atom stereocenters. The number of fused-ring (bicyclic) bond motifs is 1. The van der Waals surface area contributed by atoms with Crippen LogP contribution < -0.4 is 10.2 Å². The number of unbranched alkanes of at least 4 members (excludes halogenated alkanes) is 20. The van der Waals surface area contributed by atoms with E-state index >= 15 is 0 Å². The number of carbonyl (C=O) groups is 2. The number of carbonyl (C=O) groups excluding carboxylic acids is 2. The fourth-order valence-electron chi connectivity index (χ4n) is 6.20. The first kappa shape index (κ1) is 48.2. The Morgan fingerprint density at radius 2 is 1.24 bits per heavy atom. The third-order valence-corrected chi connectivity index (χ3v) is 10.4. The van der Waals surface area contributed by atoms with Gasteiger partial charge in [0.1, 0.15) is 19.8 Å². The summed E-state index contributed by atoms with van der Waals surface area (Å²) in [4.78, 5) is 59.2. The molecule has 0 aliphatic carbocycles. The number of hydrogen-bond donors (Lipinski definition) is 3. The van der Waals surface area contributed by atoms with Gasteiger partial charge in [-0.15, -0.1) is 0 Å². The number of aromatic nitrogens is 2. The smallest absolute Gasteiger partial charge is 0.377 e. The van der Waals surface area contributed by atoms with Crippen LogP contribution in [0.4, 0.5) is 11.4 Å². The average Bonchev–Trinajstić information content (AvgIpc) is 3.66. The van der Waals surface area contributed by atoms with E-state index in [2.05, 4.69) is 34.1 Å². The van der Waals surface area contributed by atoms with Gasteiger partial charge < -0.3 is 19.7 Å². The lowest BCUT2D eigenvalue weighted by molar-refractivity contribution is -0.728. The second-order valence-corrected chi connectivity index (χ2v) is 15.7. The molecule has 15 nitrogen and oxygen atoms in total. The average molecular weight is 800 g/mol. The minimum absolute atomic E-state index is 0.0168. The van der Waals surface area contributed by atoms with Gasteiger partial charge >= 0.3 is 25.8 Å². The van der Waals surface area contributed by atoms with Crippen LogP contribution in [0.15, 0.2) is 16.8 Å². The van der Waals surface area contributed by atoms with Crippen molar-refractivity contribution in [3.8, 4) is 0 Å². The van der Waals surface area contributed by atoms with Gasteiger partial charge in [0.15, 0.2) is 11.6 Å². The summed E-state index contributed by atoms with van der Waals surface area (Å²) in [6.45, 7) is 3.34. The van der Waals surface area contributed by atoms with E-state index in [4.69, 9.17) is 18.5 Å². The molecule has 16 heteroatoms. The molecule has 0 radical (unpaired) electrons. The number of rotatable bonds is 36. The summed E-state index contributed by atoms with van der Waals surface area (Å²) in [5.41, 5.74) is 0.383. The Kier molecular flexibility index (Phi) is 26.5. The molecule has 0 aliphatic rings. The predicted molar refractivity (Wildman–Crippen MR) is 209 cm³/mol. The van der Waals surface area contributed by atoms with Gasteiger partial charge in [0.2, 0.25) is 5.52 Å². The Labute approximate surface area is 327 Å². The first-order valence-corrected chi connectivity index (χ1v) is 22.3. The monoisotopic (exact) mass is 799 g/mol. The molecule has 0 fully saturated rings. The van der Waals surface area contributed by atoms with Crippen LogP contribution in [-0.2, 0) is 28.1 Å². The fraction of sp³-hybridized carbons (Fsp3) is 0.795. The van der Waals surface area contributed by atoms with Crippen LogP contribution in [-0.4, -0.2) is 69.7 Å². The molecule has 1 aromatic carbocycles. The number of anilines is 1. The topological polar surface area (TPSA) is 206 Å². The Bertz CT molecular complexity index is 1330. The van der Waals surface area contributed by atoms with Gasteiger partial charge in [0, 0.05) is 25.5 Å². The van der Waals surface area contributed by atoms with Gasteiger partial charge in [-0.2, -0.15) is 13.9 Å². The highest BCUT2D eigenvalue weighted by Crippen LogP contribution is 2.47. The van der Waals surface area contributed by atoms with Crippen molar-refractivity contribution in [1.29, 1.82) is 0 Å². The Balaban J connectivity index is 1.75. The van der Waals surface area contributed by atoms with E-state index in [-0.39, 0.29) is 54.2 Å². The second kappa shape index (κ2) is 30.2. The van der Waals surface area contributed by atoms with Crippen molar-refractivity contribution in [3.63, 3.8) is 0 Å². The molecule has 3 N–H and O–H groups in total. The summed E-state index contributed by atoms with van der Waals surface area (Å²) in [7, 11) is -4.60. The van der Waals surface area contributed by atoms with E-state index in [0.717, 1.165) is 38.5 Å². The highest BCUT2D eigenvalue weighted by molar-refractivity contribution is 7.52. The van der Waals surface area contributed by atoms with Crippen LogP contribution in [0.3, 0.4) is 0 Å². The zero-order chi connectivity index (χ0) is 40.0. The van der Waals surface area contributed by atoms with E-state index in [1.54, 1.807) is 0 Å². The molecule has 1 heterocycles. The molecular weight excluding hydrogens is 731 g/mol. The van der Waals surface area contributed by atoms with Gasteiger partial charge in [-0.1, -0.05) is 142 Å². The van der Waals surface area contributed by atoms with Crippen LogP contribution in [0.2, 0.25) is 0 Å². The van der Waals surface area contributed by atoms with Crippen LogP contribution in [0.5, 0.6) is 0 Å². The molecule has 1 unspecified atom stereocenters.